The third kappa shape index (κ3) is 4.65. The Morgan fingerprint density at radius 3 is 2.60 bits per heavy atom. The van der Waals surface area contributed by atoms with Gasteiger partial charge in [0, 0.05) is 40.2 Å². The smallest absolute Gasteiger partial charge is 0.543 e. The number of anilines is 2. The molecule has 4 atom stereocenters. The van der Waals surface area contributed by atoms with Crippen molar-refractivity contribution in [1.82, 2.24) is 9.88 Å². The van der Waals surface area contributed by atoms with E-state index in [1.54, 1.807) is 12.3 Å². The maximum Gasteiger partial charge on any atom is 1.00 e. The van der Waals surface area contributed by atoms with E-state index >= 15 is 0 Å². The van der Waals surface area contributed by atoms with Crippen LogP contribution in [-0.4, -0.2) is 63.3 Å². The number of benzene rings is 1. The summed E-state index contributed by atoms with van der Waals surface area (Å²) in [5, 5.41) is 27.2. The number of nitrogens with one attached hydrogen (secondary N) is 1. The van der Waals surface area contributed by atoms with E-state index in [1.807, 2.05) is 42.2 Å². The molecule has 1 aromatic heterocycles. The number of carboxylic acid groups (broad SMARTS) is 1. The van der Waals surface area contributed by atoms with Gasteiger partial charge in [-0.05, 0) is 19.1 Å². The number of rotatable bonds is 7. The number of hydrogen-bond donors (Lipinski definition) is 2. The first kappa shape index (κ1) is 26.2. The Balaban J connectivity index is 0.00000289. The Morgan fingerprint density at radius 2 is 1.97 bits per heavy atom. The zero-order valence-electron chi connectivity index (χ0n) is 19.5. The minimum atomic E-state index is -1.36. The van der Waals surface area contributed by atoms with Gasteiger partial charge in [-0.25, -0.2) is 4.98 Å². The predicted octanol–water partition coefficient (Wildman–Crippen LogP) is -1.86. The van der Waals surface area contributed by atoms with Gasteiger partial charge in [0.05, 0.1) is 29.7 Å². The van der Waals surface area contributed by atoms with E-state index in [0.717, 1.165) is 5.13 Å². The molecule has 0 aliphatic carbocycles. The van der Waals surface area contributed by atoms with Crippen molar-refractivity contribution in [2.24, 2.45) is 11.8 Å². The number of nitrogens with zero attached hydrogens (tertiary/aromatic N) is 3. The number of amides is 2. The fourth-order valence-electron chi connectivity index (χ4n) is 4.75. The van der Waals surface area contributed by atoms with Crippen molar-refractivity contribution in [3.63, 3.8) is 0 Å². The molecule has 12 heteroatoms. The second-order valence-electron chi connectivity index (χ2n) is 8.73. The van der Waals surface area contributed by atoms with E-state index in [4.69, 9.17) is 0 Å². The zero-order valence-corrected chi connectivity index (χ0v) is 23.1. The third-order valence-electron chi connectivity index (χ3n) is 6.47. The number of aliphatic hydroxyl groups is 1. The van der Waals surface area contributed by atoms with Crippen LogP contribution < -0.4 is 44.9 Å². The van der Waals surface area contributed by atoms with E-state index in [2.05, 4.69) is 10.3 Å². The average Bonchev–Trinajstić information content (AvgIpc) is 3.33. The van der Waals surface area contributed by atoms with Crippen molar-refractivity contribution < 1.29 is 54.2 Å². The number of aromatic nitrogens is 1. The largest absolute Gasteiger partial charge is 1.00 e. The molecule has 0 saturated carbocycles. The first-order chi connectivity index (χ1) is 16.3. The molecule has 2 amide bonds. The second-order valence-corrected chi connectivity index (χ2v) is 10.9. The zero-order chi connectivity index (χ0) is 24.1. The molecule has 2 saturated heterocycles. The van der Waals surface area contributed by atoms with Crippen LogP contribution in [0.15, 0.2) is 46.3 Å². The third-order valence-corrected chi connectivity index (χ3v) is 8.82. The summed E-state index contributed by atoms with van der Waals surface area (Å²) in [5.41, 5.74) is 0.988. The van der Waals surface area contributed by atoms with Crippen LogP contribution in [0, 0.1) is 11.8 Å². The molecule has 178 valence electrons. The molecule has 2 fully saturated rings. The van der Waals surface area contributed by atoms with Gasteiger partial charge < -0.3 is 30.1 Å². The number of fused-ring (bicyclic) bond motifs is 1. The number of carbonyl (C=O) groups excluding carboxylic acids is 3. The molecule has 3 aliphatic rings. The molecule has 2 unspecified atom stereocenters. The van der Waals surface area contributed by atoms with Gasteiger partial charge in [0.1, 0.15) is 5.69 Å². The van der Waals surface area contributed by atoms with E-state index in [0.29, 0.717) is 29.4 Å². The number of thioether (sulfide) groups is 1. The summed E-state index contributed by atoms with van der Waals surface area (Å²) in [6.45, 7) is 4.75. The van der Waals surface area contributed by atoms with E-state index < -0.39 is 18.0 Å². The first-order valence-corrected chi connectivity index (χ1v) is 12.7. The van der Waals surface area contributed by atoms with Crippen molar-refractivity contribution in [3.05, 3.63) is 52.0 Å². The number of carboxylic acids is 1. The molecule has 0 bridgehead atoms. The Bertz CT molecular complexity index is 1180. The topological polar surface area (TPSA) is 126 Å². The minimum Gasteiger partial charge on any atom is -0.543 e. The van der Waals surface area contributed by atoms with Gasteiger partial charge in [-0.2, -0.15) is 0 Å². The summed E-state index contributed by atoms with van der Waals surface area (Å²) in [7, 11) is 0. The Kier molecular flexibility index (Phi) is 7.65. The van der Waals surface area contributed by atoms with Crippen molar-refractivity contribution in [2.45, 2.75) is 31.2 Å². The molecule has 1 aromatic carbocycles. The molecule has 5 rings (SSSR count). The van der Waals surface area contributed by atoms with Crippen molar-refractivity contribution in [1.29, 1.82) is 0 Å². The standard InChI is InChI=1S/C23H24N4O5S2.Na/c1-11-17-16(12(2)28)21(30)27(17)18(22(31)32)19(11)34-14-8-26(9-14)23-25-15(10-33-23)20(29)24-13-6-4-3-5-7-13;/h3-7,10-12,14,16-17,28H,8-9H2,1-2H3,(H,24,29)(H,31,32);/q;+1/p-1/t11-,12-,16?,17?;/m1./s1. The molecule has 3 aliphatic heterocycles. The molecular weight excluding hydrogens is 499 g/mol. The van der Waals surface area contributed by atoms with Gasteiger partial charge in [-0.3, -0.25) is 9.59 Å². The van der Waals surface area contributed by atoms with Gasteiger partial charge in [0.25, 0.3) is 5.91 Å². The van der Waals surface area contributed by atoms with Gasteiger partial charge in [0.2, 0.25) is 5.91 Å². The number of β-lactam (4-membered cyclic amide) rings is 1. The number of thiazole rings is 1. The predicted molar refractivity (Wildman–Crippen MR) is 127 cm³/mol. The minimum absolute atomic E-state index is 0. The molecule has 35 heavy (non-hydrogen) atoms. The molecule has 2 aromatic rings. The monoisotopic (exact) mass is 522 g/mol. The number of hydrogen-bond acceptors (Lipinski definition) is 9. The van der Waals surface area contributed by atoms with Crippen molar-refractivity contribution in [2.75, 3.05) is 23.3 Å². The van der Waals surface area contributed by atoms with Crippen LogP contribution in [-0.2, 0) is 9.59 Å². The summed E-state index contributed by atoms with van der Waals surface area (Å²) in [6.07, 6.45) is -0.832. The Labute approximate surface area is 232 Å². The van der Waals surface area contributed by atoms with Crippen molar-refractivity contribution >= 4 is 51.7 Å². The molecule has 9 nitrogen and oxygen atoms in total. The fraction of sp³-hybridized carbons (Fsp3) is 0.391. The number of aliphatic hydroxyl groups excluding tert-OH is 1. The van der Waals surface area contributed by atoms with Crippen LogP contribution in [0.1, 0.15) is 24.3 Å². The maximum absolute atomic E-state index is 12.5. The summed E-state index contributed by atoms with van der Waals surface area (Å²) < 4.78 is 0. The Morgan fingerprint density at radius 1 is 1.29 bits per heavy atom. The number of carbonyl (C=O) groups is 3. The van der Waals surface area contributed by atoms with E-state index in [-0.39, 0.29) is 64.3 Å². The summed E-state index contributed by atoms with van der Waals surface area (Å²) in [4.78, 5) is 45.2. The van der Waals surface area contributed by atoms with Crippen molar-refractivity contribution in [3.8, 4) is 0 Å². The van der Waals surface area contributed by atoms with Crippen LogP contribution in [0.25, 0.3) is 0 Å². The molecule has 4 heterocycles. The van der Waals surface area contributed by atoms with Gasteiger partial charge >= 0.3 is 29.6 Å². The fourth-order valence-corrected chi connectivity index (χ4v) is 7.09. The quantitative estimate of drug-likeness (QED) is 0.320. The van der Waals surface area contributed by atoms with E-state index in [1.165, 1.54) is 28.0 Å². The van der Waals surface area contributed by atoms with Crippen LogP contribution in [0.5, 0.6) is 0 Å². The van der Waals surface area contributed by atoms with Gasteiger partial charge in [-0.15, -0.1) is 23.1 Å². The van der Waals surface area contributed by atoms with Gasteiger partial charge in [-0.1, -0.05) is 25.1 Å². The Hall–Kier alpha value is -1.89. The molecular formula is C23H23N4NaO5S2. The summed E-state index contributed by atoms with van der Waals surface area (Å²) in [5.74, 6) is -2.76. The van der Waals surface area contributed by atoms with Crippen LogP contribution in [0.4, 0.5) is 10.8 Å². The molecule has 2 N–H and O–H groups in total. The SMILES string of the molecule is C[C@@H](O)C1C(=O)N2C(C(=O)[O-])=C(SC3CN(c4nc(C(=O)Nc5ccccc5)cs4)C3)[C@H](C)C12.[Na+]. The second kappa shape index (κ2) is 10.2. The maximum atomic E-state index is 12.5. The normalized spacial score (nSPS) is 24.3. The van der Waals surface area contributed by atoms with Crippen LogP contribution >= 0.6 is 23.1 Å². The van der Waals surface area contributed by atoms with Crippen LogP contribution in [0.3, 0.4) is 0 Å². The molecule has 0 spiro atoms. The number of para-hydroxylation sites is 1. The first-order valence-electron chi connectivity index (χ1n) is 11.0. The molecule has 0 radical (unpaired) electrons. The van der Waals surface area contributed by atoms with Gasteiger partial charge in [0.15, 0.2) is 5.13 Å². The average molecular weight is 523 g/mol. The summed E-state index contributed by atoms with van der Waals surface area (Å²) >= 11 is 2.84. The number of aliphatic carboxylic acids is 1. The summed E-state index contributed by atoms with van der Waals surface area (Å²) in [6, 6.07) is 8.83. The van der Waals surface area contributed by atoms with E-state index in [9.17, 15) is 24.6 Å². The van der Waals surface area contributed by atoms with Crippen LogP contribution in [0.2, 0.25) is 0 Å².